The van der Waals surface area contributed by atoms with Gasteiger partial charge in [-0.2, -0.15) is 0 Å². The summed E-state index contributed by atoms with van der Waals surface area (Å²) in [6.07, 6.45) is 0.977. The lowest BCUT2D eigenvalue weighted by molar-refractivity contribution is 0.0762. The standard InChI is InChI=1S/C20H25N3O.2ClH/c1-16-11-12-22(20(24)18-9-5-6-10-19(18)21)13-14-23(16)15-17-7-3-2-4-8-17;;/h2-10,16H,11-15,21H2,1H3;2*1H. The van der Waals surface area contributed by atoms with Crippen LogP contribution >= 0.6 is 24.8 Å². The van der Waals surface area contributed by atoms with Gasteiger partial charge in [0.1, 0.15) is 0 Å². The van der Waals surface area contributed by atoms with Crippen molar-refractivity contribution in [3.63, 3.8) is 0 Å². The van der Waals surface area contributed by atoms with Crippen molar-refractivity contribution in [1.82, 2.24) is 9.80 Å². The van der Waals surface area contributed by atoms with Gasteiger partial charge in [0.2, 0.25) is 0 Å². The first-order chi connectivity index (χ1) is 11.6. The maximum atomic E-state index is 12.8. The number of rotatable bonds is 3. The molecule has 0 radical (unpaired) electrons. The Morgan fingerprint density at radius 2 is 1.65 bits per heavy atom. The molecule has 1 fully saturated rings. The van der Waals surface area contributed by atoms with Gasteiger partial charge in [0.15, 0.2) is 0 Å². The van der Waals surface area contributed by atoms with Gasteiger partial charge < -0.3 is 10.6 Å². The third-order valence-electron chi connectivity index (χ3n) is 4.80. The number of nitrogens with two attached hydrogens (primary N) is 1. The summed E-state index contributed by atoms with van der Waals surface area (Å²) in [6.45, 7) is 5.57. The third kappa shape index (κ3) is 5.37. The van der Waals surface area contributed by atoms with Crippen molar-refractivity contribution < 1.29 is 4.79 Å². The van der Waals surface area contributed by atoms with Gasteiger partial charge in [0, 0.05) is 37.9 Å². The van der Waals surface area contributed by atoms with Crippen molar-refractivity contribution in [1.29, 1.82) is 0 Å². The van der Waals surface area contributed by atoms with Crippen LogP contribution in [-0.2, 0) is 6.54 Å². The molecule has 3 rings (SSSR count). The fraction of sp³-hybridized carbons (Fsp3) is 0.350. The number of benzene rings is 2. The molecule has 0 spiro atoms. The Balaban J connectivity index is 0.00000169. The minimum atomic E-state index is 0. The van der Waals surface area contributed by atoms with E-state index < -0.39 is 0 Å². The molecule has 2 N–H and O–H groups in total. The Bertz CT molecular complexity index is 696. The number of nitrogen functional groups attached to an aromatic ring is 1. The van der Waals surface area contributed by atoms with Crippen LogP contribution in [0.2, 0.25) is 0 Å². The number of carbonyl (C=O) groups is 1. The lowest BCUT2D eigenvalue weighted by Crippen LogP contribution is -2.36. The molecule has 2 aromatic carbocycles. The van der Waals surface area contributed by atoms with Crippen LogP contribution in [-0.4, -0.2) is 41.4 Å². The maximum absolute atomic E-state index is 12.8. The van der Waals surface area contributed by atoms with Crippen molar-refractivity contribution in [2.75, 3.05) is 25.4 Å². The summed E-state index contributed by atoms with van der Waals surface area (Å²) in [5, 5.41) is 0. The van der Waals surface area contributed by atoms with Crippen LogP contribution in [0.25, 0.3) is 0 Å². The van der Waals surface area contributed by atoms with E-state index in [9.17, 15) is 4.79 Å². The van der Waals surface area contributed by atoms with Gasteiger partial charge in [-0.05, 0) is 31.0 Å². The predicted octanol–water partition coefficient (Wildman–Crippen LogP) is 3.85. The number of nitrogens with zero attached hydrogens (tertiary/aromatic N) is 2. The first kappa shape index (κ1) is 22.3. The summed E-state index contributed by atoms with van der Waals surface area (Å²) in [5.74, 6) is 0.0434. The van der Waals surface area contributed by atoms with E-state index >= 15 is 0 Å². The Morgan fingerprint density at radius 3 is 2.35 bits per heavy atom. The van der Waals surface area contributed by atoms with E-state index in [0.717, 1.165) is 32.6 Å². The minimum Gasteiger partial charge on any atom is -0.398 e. The molecule has 6 heteroatoms. The summed E-state index contributed by atoms with van der Waals surface area (Å²) >= 11 is 0. The molecule has 142 valence electrons. The Morgan fingerprint density at radius 1 is 1.00 bits per heavy atom. The van der Waals surface area contributed by atoms with Crippen LogP contribution in [0.1, 0.15) is 29.3 Å². The monoisotopic (exact) mass is 395 g/mol. The van der Waals surface area contributed by atoms with Crippen molar-refractivity contribution in [3.05, 3.63) is 65.7 Å². The smallest absolute Gasteiger partial charge is 0.255 e. The molecule has 1 atom stereocenters. The summed E-state index contributed by atoms with van der Waals surface area (Å²) in [4.78, 5) is 17.2. The molecule has 1 aliphatic rings. The highest BCUT2D eigenvalue weighted by Gasteiger charge is 2.25. The Labute approximate surface area is 168 Å². The maximum Gasteiger partial charge on any atom is 0.255 e. The van der Waals surface area contributed by atoms with E-state index in [1.807, 2.05) is 29.2 Å². The number of carbonyl (C=O) groups excluding carboxylic acids is 1. The molecule has 0 saturated carbocycles. The van der Waals surface area contributed by atoms with Gasteiger partial charge in [-0.1, -0.05) is 42.5 Å². The molecule has 0 bridgehead atoms. The van der Waals surface area contributed by atoms with Crippen LogP contribution in [0.5, 0.6) is 0 Å². The second kappa shape index (κ2) is 10.4. The first-order valence-electron chi connectivity index (χ1n) is 8.57. The molecule has 2 aromatic rings. The molecule has 0 aromatic heterocycles. The van der Waals surface area contributed by atoms with E-state index in [1.165, 1.54) is 5.56 Å². The zero-order valence-electron chi connectivity index (χ0n) is 15.0. The molecular weight excluding hydrogens is 369 g/mol. The molecular formula is C20H27Cl2N3O. The number of amides is 1. The van der Waals surface area contributed by atoms with E-state index in [0.29, 0.717) is 17.3 Å². The topological polar surface area (TPSA) is 49.6 Å². The number of hydrogen-bond acceptors (Lipinski definition) is 3. The fourth-order valence-electron chi connectivity index (χ4n) is 3.22. The highest BCUT2D eigenvalue weighted by Crippen LogP contribution is 2.18. The van der Waals surface area contributed by atoms with Gasteiger partial charge in [-0.15, -0.1) is 24.8 Å². The van der Waals surface area contributed by atoms with E-state index in [2.05, 4.69) is 36.1 Å². The van der Waals surface area contributed by atoms with Gasteiger partial charge in [0.25, 0.3) is 5.91 Å². The van der Waals surface area contributed by atoms with Crippen molar-refractivity contribution in [3.8, 4) is 0 Å². The molecule has 26 heavy (non-hydrogen) atoms. The zero-order chi connectivity index (χ0) is 16.9. The average Bonchev–Trinajstić information content (AvgIpc) is 2.78. The molecule has 1 amide bonds. The zero-order valence-corrected chi connectivity index (χ0v) is 16.6. The molecule has 1 heterocycles. The quantitative estimate of drug-likeness (QED) is 0.802. The molecule has 1 unspecified atom stereocenters. The highest BCUT2D eigenvalue weighted by molar-refractivity contribution is 5.99. The van der Waals surface area contributed by atoms with Crippen molar-refractivity contribution in [2.45, 2.75) is 25.9 Å². The number of para-hydroxylation sites is 1. The summed E-state index contributed by atoms with van der Waals surface area (Å²) in [7, 11) is 0. The van der Waals surface area contributed by atoms with Gasteiger partial charge >= 0.3 is 0 Å². The normalized spacial score (nSPS) is 17.6. The largest absolute Gasteiger partial charge is 0.398 e. The van der Waals surface area contributed by atoms with E-state index in [-0.39, 0.29) is 30.7 Å². The highest BCUT2D eigenvalue weighted by atomic mass is 35.5. The van der Waals surface area contributed by atoms with Crippen molar-refractivity contribution in [2.24, 2.45) is 0 Å². The van der Waals surface area contributed by atoms with Crippen LogP contribution in [0.15, 0.2) is 54.6 Å². The van der Waals surface area contributed by atoms with Crippen molar-refractivity contribution >= 4 is 36.4 Å². The third-order valence-corrected chi connectivity index (χ3v) is 4.80. The lowest BCUT2D eigenvalue weighted by atomic mass is 10.1. The Kier molecular flexibility index (Phi) is 8.93. The van der Waals surface area contributed by atoms with Crippen LogP contribution in [0.4, 0.5) is 5.69 Å². The van der Waals surface area contributed by atoms with Crippen LogP contribution in [0.3, 0.4) is 0 Å². The summed E-state index contributed by atoms with van der Waals surface area (Å²) in [5.41, 5.74) is 8.45. The molecule has 1 aliphatic heterocycles. The molecule has 4 nitrogen and oxygen atoms in total. The van der Waals surface area contributed by atoms with Gasteiger partial charge in [-0.25, -0.2) is 0 Å². The number of halogens is 2. The number of hydrogen-bond donors (Lipinski definition) is 1. The second-order valence-electron chi connectivity index (χ2n) is 6.47. The molecule has 0 aliphatic carbocycles. The van der Waals surface area contributed by atoms with E-state index in [4.69, 9.17) is 5.73 Å². The summed E-state index contributed by atoms with van der Waals surface area (Å²) in [6, 6.07) is 18.3. The van der Waals surface area contributed by atoms with Crippen LogP contribution < -0.4 is 5.73 Å². The van der Waals surface area contributed by atoms with Gasteiger partial charge in [0.05, 0.1) is 5.56 Å². The Hall–Kier alpha value is -1.75. The van der Waals surface area contributed by atoms with Crippen LogP contribution in [0, 0.1) is 0 Å². The first-order valence-corrected chi connectivity index (χ1v) is 8.57. The van der Waals surface area contributed by atoms with Gasteiger partial charge in [-0.3, -0.25) is 9.69 Å². The minimum absolute atomic E-state index is 0. The van der Waals surface area contributed by atoms with E-state index in [1.54, 1.807) is 6.07 Å². The summed E-state index contributed by atoms with van der Waals surface area (Å²) < 4.78 is 0. The second-order valence-corrected chi connectivity index (χ2v) is 6.47. The lowest BCUT2D eigenvalue weighted by Gasteiger charge is -2.26. The average molecular weight is 396 g/mol. The SMILES string of the molecule is CC1CCN(C(=O)c2ccccc2N)CCN1Cc1ccccc1.Cl.Cl. The molecule has 1 saturated heterocycles. The number of anilines is 1. The fourth-order valence-corrected chi connectivity index (χ4v) is 3.22. The predicted molar refractivity (Wildman–Crippen MR) is 112 cm³/mol.